The number of esters is 1. The Labute approximate surface area is 180 Å². The lowest BCUT2D eigenvalue weighted by molar-refractivity contribution is 0.0600. The maximum Gasteiger partial charge on any atom is 0.337 e. The van der Waals surface area contributed by atoms with Gasteiger partial charge in [-0.05, 0) is 42.9 Å². The lowest BCUT2D eigenvalue weighted by Crippen LogP contribution is -2.52. The number of hydrogen-bond acceptors (Lipinski definition) is 5. The van der Waals surface area contributed by atoms with Gasteiger partial charge < -0.3 is 9.64 Å². The van der Waals surface area contributed by atoms with E-state index in [0.717, 1.165) is 6.07 Å². The van der Waals surface area contributed by atoms with E-state index in [2.05, 4.69) is 9.64 Å². The minimum Gasteiger partial charge on any atom is -0.465 e. The fraction of sp³-hybridized carbons (Fsp3) is 0.350. The second-order valence-corrected chi connectivity index (χ2v) is 9.26. The molecule has 0 aliphatic carbocycles. The second-order valence-electron chi connectivity index (χ2n) is 7.00. The molecule has 0 unspecified atom stereocenters. The molecule has 0 saturated carbocycles. The van der Waals surface area contributed by atoms with Crippen molar-refractivity contribution in [2.45, 2.75) is 6.54 Å². The molecular formula is C20H23ClFN3O4S. The molecule has 162 valence electrons. The smallest absolute Gasteiger partial charge is 0.337 e. The lowest BCUT2D eigenvalue weighted by Gasteiger charge is -2.36. The normalized spacial score (nSPS) is 15.7. The summed E-state index contributed by atoms with van der Waals surface area (Å²) < 4.78 is 47.9. The molecule has 0 N–H and O–H groups in total. The van der Waals surface area contributed by atoms with Gasteiger partial charge in [0, 0.05) is 26.2 Å². The topological polar surface area (TPSA) is 70.2 Å². The van der Waals surface area contributed by atoms with Gasteiger partial charge in [-0.2, -0.15) is 12.7 Å². The quantitative estimate of drug-likeness (QED) is 0.626. The van der Waals surface area contributed by atoms with Crippen LogP contribution in [0.25, 0.3) is 0 Å². The minimum atomic E-state index is -3.89. The van der Waals surface area contributed by atoms with Crippen molar-refractivity contribution in [3.8, 4) is 0 Å². The number of rotatable bonds is 6. The molecule has 2 aromatic rings. The van der Waals surface area contributed by atoms with Gasteiger partial charge in [-0.1, -0.05) is 23.7 Å². The van der Waals surface area contributed by atoms with Crippen LogP contribution in [0.2, 0.25) is 5.02 Å². The number of ether oxygens (including phenoxy) is 1. The molecule has 1 aliphatic rings. The summed E-state index contributed by atoms with van der Waals surface area (Å²) in [4.78, 5) is 13.7. The van der Waals surface area contributed by atoms with Gasteiger partial charge in [-0.15, -0.1) is 0 Å². The number of piperazine rings is 1. The van der Waals surface area contributed by atoms with E-state index < -0.39 is 22.0 Å². The summed E-state index contributed by atoms with van der Waals surface area (Å²) in [6.45, 7) is 1.94. The molecule has 30 heavy (non-hydrogen) atoms. The number of hydrogen-bond donors (Lipinski definition) is 0. The Bertz CT molecular complexity index is 1010. The van der Waals surface area contributed by atoms with Crippen LogP contribution in [0.15, 0.2) is 42.5 Å². The number of likely N-dealkylation sites (N-methyl/N-ethyl adjacent to an activating group) is 1. The summed E-state index contributed by atoms with van der Waals surface area (Å²) in [5.41, 5.74) is 1.28. The van der Waals surface area contributed by atoms with E-state index in [4.69, 9.17) is 11.6 Å². The van der Waals surface area contributed by atoms with E-state index in [1.807, 2.05) is 7.05 Å². The zero-order valence-electron chi connectivity index (χ0n) is 16.7. The van der Waals surface area contributed by atoms with Crippen LogP contribution in [0.1, 0.15) is 15.9 Å². The van der Waals surface area contributed by atoms with Crippen molar-refractivity contribution in [2.75, 3.05) is 44.6 Å². The first-order valence-corrected chi connectivity index (χ1v) is 11.1. The largest absolute Gasteiger partial charge is 0.465 e. The summed E-state index contributed by atoms with van der Waals surface area (Å²) in [5, 5.41) is -0.160. The summed E-state index contributed by atoms with van der Waals surface area (Å²) >= 11 is 5.92. The number of carbonyl (C=O) groups is 1. The standard InChI is InChI=1S/C20H23ClFN3O4S/c1-23-9-11-24(12-10-23)30(27,28)25(17-7-8-19(22)18(21)13-17)14-15-3-5-16(6-4-15)20(26)29-2/h3-8,13H,9-12,14H2,1-2H3. The third-order valence-corrected chi connectivity index (χ3v) is 7.16. The summed E-state index contributed by atoms with van der Waals surface area (Å²) in [7, 11) is -0.667. The van der Waals surface area contributed by atoms with E-state index >= 15 is 0 Å². The van der Waals surface area contributed by atoms with Gasteiger partial charge in [0.1, 0.15) is 5.82 Å². The van der Waals surface area contributed by atoms with Crippen molar-refractivity contribution in [1.29, 1.82) is 0 Å². The molecule has 2 aromatic carbocycles. The van der Waals surface area contributed by atoms with Crippen LogP contribution in [-0.2, 0) is 21.5 Å². The second kappa shape index (κ2) is 9.30. The highest BCUT2D eigenvalue weighted by atomic mass is 35.5. The molecule has 1 fully saturated rings. The predicted octanol–water partition coefficient (Wildman–Crippen LogP) is 2.76. The van der Waals surface area contributed by atoms with Gasteiger partial charge in [-0.25, -0.2) is 9.18 Å². The van der Waals surface area contributed by atoms with Gasteiger partial charge >= 0.3 is 16.2 Å². The van der Waals surface area contributed by atoms with Crippen LogP contribution in [0.4, 0.5) is 10.1 Å². The summed E-state index contributed by atoms with van der Waals surface area (Å²) in [5.74, 6) is -1.10. The number of carbonyl (C=O) groups excluding carboxylic acids is 1. The Morgan fingerprint density at radius 3 is 2.33 bits per heavy atom. The van der Waals surface area contributed by atoms with Crippen molar-refractivity contribution in [3.05, 3.63) is 64.4 Å². The van der Waals surface area contributed by atoms with Crippen molar-refractivity contribution in [2.24, 2.45) is 0 Å². The van der Waals surface area contributed by atoms with E-state index in [1.165, 1.54) is 27.9 Å². The number of benzene rings is 2. The number of methoxy groups -OCH3 is 1. The molecule has 10 heteroatoms. The fourth-order valence-corrected chi connectivity index (χ4v) is 4.90. The molecule has 0 bridgehead atoms. The predicted molar refractivity (Wildman–Crippen MR) is 113 cm³/mol. The van der Waals surface area contributed by atoms with Gasteiger partial charge in [0.2, 0.25) is 0 Å². The molecule has 1 heterocycles. The first-order valence-electron chi connectivity index (χ1n) is 9.31. The van der Waals surface area contributed by atoms with Crippen LogP contribution in [0.3, 0.4) is 0 Å². The molecule has 0 spiro atoms. The zero-order chi connectivity index (χ0) is 21.9. The van der Waals surface area contributed by atoms with Crippen LogP contribution >= 0.6 is 11.6 Å². The number of nitrogens with zero attached hydrogens (tertiary/aromatic N) is 3. The monoisotopic (exact) mass is 455 g/mol. The van der Waals surface area contributed by atoms with Gasteiger partial charge in [0.15, 0.2) is 0 Å². The van der Waals surface area contributed by atoms with E-state index in [9.17, 15) is 17.6 Å². The fourth-order valence-electron chi connectivity index (χ4n) is 3.13. The Balaban J connectivity index is 1.95. The first kappa shape index (κ1) is 22.5. The van der Waals surface area contributed by atoms with Crippen molar-refractivity contribution in [1.82, 2.24) is 9.21 Å². The Kier molecular flexibility index (Phi) is 6.97. The lowest BCUT2D eigenvalue weighted by atomic mass is 10.1. The van der Waals surface area contributed by atoms with Crippen molar-refractivity contribution < 1.29 is 22.3 Å². The highest BCUT2D eigenvalue weighted by molar-refractivity contribution is 7.90. The molecule has 0 atom stereocenters. The Morgan fingerprint density at radius 2 is 1.77 bits per heavy atom. The zero-order valence-corrected chi connectivity index (χ0v) is 18.3. The van der Waals surface area contributed by atoms with Crippen molar-refractivity contribution in [3.63, 3.8) is 0 Å². The molecule has 1 saturated heterocycles. The minimum absolute atomic E-state index is 0.00190. The maximum atomic E-state index is 13.7. The molecule has 0 amide bonds. The van der Waals surface area contributed by atoms with E-state index in [1.54, 1.807) is 24.3 Å². The Hall–Kier alpha value is -2.20. The van der Waals surface area contributed by atoms with Crippen molar-refractivity contribution >= 4 is 33.5 Å². The number of halogens is 2. The average Bonchev–Trinajstić information content (AvgIpc) is 2.74. The molecule has 7 nitrogen and oxygen atoms in total. The summed E-state index contributed by atoms with van der Waals surface area (Å²) in [6, 6.07) is 10.3. The maximum absolute atomic E-state index is 13.7. The van der Waals surface area contributed by atoms with Crippen LogP contribution in [0, 0.1) is 5.82 Å². The molecule has 1 aliphatic heterocycles. The molecule has 3 rings (SSSR count). The summed E-state index contributed by atoms with van der Waals surface area (Å²) in [6.07, 6.45) is 0. The highest BCUT2D eigenvalue weighted by Crippen LogP contribution is 2.28. The SMILES string of the molecule is COC(=O)c1ccc(CN(c2ccc(F)c(Cl)c2)S(=O)(=O)N2CCN(C)CC2)cc1. The molecular weight excluding hydrogens is 433 g/mol. The Morgan fingerprint density at radius 1 is 1.13 bits per heavy atom. The van der Waals surface area contributed by atoms with Crippen LogP contribution in [0.5, 0.6) is 0 Å². The third kappa shape index (κ3) is 4.92. The molecule has 0 radical (unpaired) electrons. The highest BCUT2D eigenvalue weighted by Gasteiger charge is 2.32. The van der Waals surface area contributed by atoms with Gasteiger partial charge in [-0.3, -0.25) is 4.31 Å². The number of anilines is 1. The van der Waals surface area contributed by atoms with E-state index in [0.29, 0.717) is 37.3 Å². The van der Waals surface area contributed by atoms with Crippen LogP contribution < -0.4 is 4.31 Å². The average molecular weight is 456 g/mol. The van der Waals surface area contributed by atoms with E-state index in [-0.39, 0.29) is 17.3 Å². The van der Waals surface area contributed by atoms with Gasteiger partial charge in [0.05, 0.1) is 29.9 Å². The van der Waals surface area contributed by atoms with Crippen LogP contribution in [-0.4, -0.2) is 63.9 Å². The first-order chi connectivity index (χ1) is 14.2. The third-order valence-electron chi connectivity index (χ3n) is 4.96. The van der Waals surface area contributed by atoms with Gasteiger partial charge in [0.25, 0.3) is 0 Å². The molecule has 0 aromatic heterocycles.